The fourth-order valence-electron chi connectivity index (χ4n) is 1.27. The molecule has 0 fully saturated rings. The van der Waals surface area contributed by atoms with Crippen molar-refractivity contribution in [3.63, 3.8) is 0 Å². The van der Waals surface area contributed by atoms with Gasteiger partial charge in [-0.05, 0) is 6.07 Å². The van der Waals surface area contributed by atoms with Gasteiger partial charge in [-0.15, -0.1) is 10.2 Å². The predicted octanol–water partition coefficient (Wildman–Crippen LogP) is 1.87. The number of nitro groups is 1. The second-order valence-electron chi connectivity index (χ2n) is 3.23. The topological polar surface area (TPSA) is 91.3 Å². The van der Waals surface area contributed by atoms with Crippen LogP contribution < -0.4 is 4.74 Å². The fourth-order valence-corrected chi connectivity index (χ4v) is 1.27. The van der Waals surface area contributed by atoms with Gasteiger partial charge in [-0.2, -0.15) is 0 Å². The van der Waals surface area contributed by atoms with E-state index in [4.69, 9.17) is 9.15 Å². The van der Waals surface area contributed by atoms with E-state index < -0.39 is 4.92 Å². The summed E-state index contributed by atoms with van der Waals surface area (Å²) in [7, 11) is 0. The monoisotopic (exact) mass is 235 g/mol. The SMILES string of the molecule is Cc1nnc(COc2ccccc2[N+](=O)[O-])o1. The highest BCUT2D eigenvalue weighted by Gasteiger charge is 2.14. The average Bonchev–Trinajstić information content (AvgIpc) is 2.73. The van der Waals surface area contributed by atoms with Crippen molar-refractivity contribution >= 4 is 5.69 Å². The molecular formula is C10H9N3O4. The van der Waals surface area contributed by atoms with Crippen molar-refractivity contribution in [1.29, 1.82) is 0 Å². The summed E-state index contributed by atoms with van der Waals surface area (Å²) in [5, 5.41) is 18.1. The van der Waals surface area contributed by atoms with Gasteiger partial charge in [0.25, 0.3) is 5.89 Å². The lowest BCUT2D eigenvalue weighted by atomic mass is 10.3. The van der Waals surface area contributed by atoms with Crippen LogP contribution >= 0.6 is 0 Å². The summed E-state index contributed by atoms with van der Waals surface area (Å²) in [4.78, 5) is 10.2. The van der Waals surface area contributed by atoms with E-state index in [0.29, 0.717) is 5.89 Å². The molecule has 7 nitrogen and oxygen atoms in total. The molecule has 0 radical (unpaired) electrons. The smallest absolute Gasteiger partial charge is 0.310 e. The van der Waals surface area contributed by atoms with E-state index in [-0.39, 0.29) is 23.9 Å². The number of hydrogen-bond acceptors (Lipinski definition) is 6. The molecule has 0 N–H and O–H groups in total. The Balaban J connectivity index is 2.11. The van der Waals surface area contributed by atoms with Gasteiger partial charge >= 0.3 is 5.69 Å². The van der Waals surface area contributed by atoms with Crippen LogP contribution in [0.4, 0.5) is 5.69 Å². The first-order chi connectivity index (χ1) is 8.16. The van der Waals surface area contributed by atoms with Gasteiger partial charge in [-0.1, -0.05) is 12.1 Å². The highest BCUT2D eigenvalue weighted by atomic mass is 16.6. The van der Waals surface area contributed by atoms with Crippen LogP contribution in [-0.4, -0.2) is 15.1 Å². The summed E-state index contributed by atoms with van der Waals surface area (Å²) < 4.78 is 10.3. The van der Waals surface area contributed by atoms with Gasteiger partial charge in [-0.25, -0.2) is 0 Å². The summed E-state index contributed by atoms with van der Waals surface area (Å²) in [6.45, 7) is 1.66. The van der Waals surface area contributed by atoms with Gasteiger partial charge in [-0.3, -0.25) is 10.1 Å². The maximum Gasteiger partial charge on any atom is 0.310 e. The van der Waals surface area contributed by atoms with Gasteiger partial charge in [0.15, 0.2) is 12.4 Å². The van der Waals surface area contributed by atoms with Gasteiger partial charge in [0.05, 0.1) is 4.92 Å². The zero-order valence-electron chi connectivity index (χ0n) is 8.99. The zero-order valence-corrected chi connectivity index (χ0v) is 8.99. The summed E-state index contributed by atoms with van der Waals surface area (Å²) in [6, 6.07) is 6.11. The highest BCUT2D eigenvalue weighted by Crippen LogP contribution is 2.26. The molecule has 7 heteroatoms. The second kappa shape index (κ2) is 4.60. The second-order valence-corrected chi connectivity index (χ2v) is 3.23. The molecule has 0 atom stereocenters. The van der Waals surface area contributed by atoms with Crippen LogP contribution in [0.5, 0.6) is 5.75 Å². The maximum absolute atomic E-state index is 10.7. The third kappa shape index (κ3) is 2.57. The minimum absolute atomic E-state index is 0.00565. The molecule has 0 aliphatic carbocycles. The van der Waals surface area contributed by atoms with Crippen molar-refractivity contribution < 1.29 is 14.1 Å². The van der Waals surface area contributed by atoms with Crippen molar-refractivity contribution in [3.8, 4) is 5.75 Å². The Morgan fingerprint density at radius 1 is 1.41 bits per heavy atom. The van der Waals surface area contributed by atoms with Crippen LogP contribution in [0.3, 0.4) is 0 Å². The van der Waals surface area contributed by atoms with Gasteiger partial charge < -0.3 is 9.15 Å². The zero-order chi connectivity index (χ0) is 12.3. The van der Waals surface area contributed by atoms with Crippen LogP contribution in [0.1, 0.15) is 11.8 Å². The minimum Gasteiger partial charge on any atom is -0.477 e. The summed E-state index contributed by atoms with van der Waals surface area (Å²) in [5.74, 6) is 0.875. The molecule has 0 aliphatic rings. The molecule has 0 saturated carbocycles. The lowest BCUT2D eigenvalue weighted by Crippen LogP contribution is -1.99. The Morgan fingerprint density at radius 3 is 2.82 bits per heavy atom. The van der Waals surface area contributed by atoms with Gasteiger partial charge in [0.2, 0.25) is 5.89 Å². The third-order valence-electron chi connectivity index (χ3n) is 1.98. The molecule has 2 aromatic rings. The average molecular weight is 235 g/mol. The van der Waals surface area contributed by atoms with Crippen molar-refractivity contribution in [2.45, 2.75) is 13.5 Å². The van der Waals surface area contributed by atoms with E-state index in [2.05, 4.69) is 10.2 Å². The number of rotatable bonds is 4. The molecule has 1 aromatic carbocycles. The van der Waals surface area contributed by atoms with Crippen molar-refractivity contribution in [1.82, 2.24) is 10.2 Å². The third-order valence-corrected chi connectivity index (χ3v) is 1.98. The van der Waals surface area contributed by atoms with E-state index in [1.165, 1.54) is 12.1 Å². The Kier molecular flexibility index (Phi) is 2.99. The first-order valence-electron chi connectivity index (χ1n) is 4.82. The lowest BCUT2D eigenvalue weighted by Gasteiger charge is -2.03. The van der Waals surface area contributed by atoms with E-state index in [0.717, 1.165) is 0 Å². The molecule has 2 rings (SSSR count). The summed E-state index contributed by atoms with van der Waals surface area (Å²) in [6.07, 6.45) is 0. The molecule has 1 aromatic heterocycles. The standard InChI is InChI=1S/C10H9N3O4/c1-7-11-12-10(17-7)6-16-9-5-3-2-4-8(9)13(14)15/h2-5H,6H2,1H3. The van der Waals surface area contributed by atoms with Crippen LogP contribution in [0.25, 0.3) is 0 Å². The van der Waals surface area contributed by atoms with Crippen molar-refractivity contribution in [2.75, 3.05) is 0 Å². The molecule has 0 aliphatic heterocycles. The van der Waals surface area contributed by atoms with Crippen LogP contribution in [0.2, 0.25) is 0 Å². The van der Waals surface area contributed by atoms with Gasteiger partial charge in [0.1, 0.15) is 0 Å². The van der Waals surface area contributed by atoms with E-state index in [1.807, 2.05) is 0 Å². The number of hydrogen-bond donors (Lipinski definition) is 0. The first kappa shape index (κ1) is 11.1. The number of nitro benzene ring substituents is 1. The fraction of sp³-hybridized carbons (Fsp3) is 0.200. The number of aryl methyl sites for hydroxylation is 1. The summed E-state index contributed by atoms with van der Waals surface area (Å²) in [5.41, 5.74) is -0.0938. The van der Waals surface area contributed by atoms with Crippen LogP contribution in [-0.2, 0) is 6.61 Å². The molecule has 1 heterocycles. The lowest BCUT2D eigenvalue weighted by molar-refractivity contribution is -0.386. The van der Waals surface area contributed by atoms with E-state index >= 15 is 0 Å². The maximum atomic E-state index is 10.7. The van der Waals surface area contributed by atoms with E-state index in [9.17, 15) is 10.1 Å². The highest BCUT2D eigenvalue weighted by molar-refractivity contribution is 5.45. The van der Waals surface area contributed by atoms with Crippen LogP contribution in [0, 0.1) is 17.0 Å². The Hall–Kier alpha value is -2.44. The number of ether oxygens (including phenoxy) is 1. The minimum atomic E-state index is -0.506. The number of para-hydroxylation sites is 2. The number of nitrogens with zero attached hydrogens (tertiary/aromatic N) is 3. The molecule has 0 amide bonds. The summed E-state index contributed by atoms with van der Waals surface area (Å²) >= 11 is 0. The molecule has 0 spiro atoms. The Bertz CT molecular complexity index is 538. The molecule has 17 heavy (non-hydrogen) atoms. The van der Waals surface area contributed by atoms with Crippen molar-refractivity contribution in [3.05, 3.63) is 46.2 Å². The normalized spacial score (nSPS) is 10.2. The molecule has 0 unspecified atom stereocenters. The molecular weight excluding hydrogens is 226 g/mol. The predicted molar refractivity (Wildman–Crippen MR) is 56.5 cm³/mol. The van der Waals surface area contributed by atoms with E-state index in [1.54, 1.807) is 19.1 Å². The number of benzene rings is 1. The molecule has 88 valence electrons. The Labute approximate surface area is 96.2 Å². The molecule has 0 saturated heterocycles. The molecule has 0 bridgehead atoms. The van der Waals surface area contributed by atoms with Crippen molar-refractivity contribution in [2.24, 2.45) is 0 Å². The van der Waals surface area contributed by atoms with Crippen LogP contribution in [0.15, 0.2) is 28.7 Å². The van der Waals surface area contributed by atoms with Gasteiger partial charge in [0, 0.05) is 13.0 Å². The number of aromatic nitrogens is 2. The quantitative estimate of drug-likeness (QED) is 0.593. The Morgan fingerprint density at radius 2 is 2.18 bits per heavy atom. The largest absolute Gasteiger partial charge is 0.477 e. The first-order valence-corrected chi connectivity index (χ1v) is 4.82.